The average Bonchev–Trinajstić information content (AvgIpc) is 2.73. The number of nitrogens with zero attached hydrogens (tertiary/aromatic N) is 5. The molecular weight excluding hydrogens is 401 g/mol. The molecule has 2 aliphatic heterocycles. The van der Waals surface area contributed by atoms with Gasteiger partial charge < -0.3 is 9.80 Å². The van der Waals surface area contributed by atoms with Gasteiger partial charge in [0.2, 0.25) is 5.95 Å². The van der Waals surface area contributed by atoms with Gasteiger partial charge in [-0.1, -0.05) is 18.2 Å². The van der Waals surface area contributed by atoms with Crippen LogP contribution in [0, 0.1) is 0 Å². The zero-order valence-electron chi connectivity index (χ0n) is 15.3. The molecular formula is C19H15F3N6O2. The Morgan fingerprint density at radius 1 is 1.10 bits per heavy atom. The van der Waals surface area contributed by atoms with Crippen molar-refractivity contribution in [1.29, 1.82) is 0 Å². The van der Waals surface area contributed by atoms with Gasteiger partial charge in [0, 0.05) is 36.6 Å². The van der Waals surface area contributed by atoms with Crippen LogP contribution in [0.15, 0.2) is 42.7 Å². The molecule has 30 heavy (non-hydrogen) atoms. The molecule has 2 aliphatic rings. The molecule has 1 aromatic carbocycles. The van der Waals surface area contributed by atoms with Crippen LogP contribution in [0.5, 0.6) is 0 Å². The van der Waals surface area contributed by atoms with Crippen LogP contribution < -0.4 is 15.3 Å². The van der Waals surface area contributed by atoms with E-state index in [1.54, 1.807) is 24.3 Å². The second-order valence-electron chi connectivity index (χ2n) is 7.19. The number of rotatable bonds is 3. The minimum absolute atomic E-state index is 0.0425. The summed E-state index contributed by atoms with van der Waals surface area (Å²) >= 11 is 0. The summed E-state index contributed by atoms with van der Waals surface area (Å²) in [6.45, 7) is 1.08. The maximum Gasteiger partial charge on any atom is 0.433 e. The highest BCUT2D eigenvalue weighted by Crippen LogP contribution is 2.43. The first-order valence-electron chi connectivity index (χ1n) is 9.13. The Hall–Kier alpha value is -3.47. The number of amides is 1. The molecule has 8 nitrogen and oxygen atoms in total. The van der Waals surface area contributed by atoms with E-state index in [0.717, 1.165) is 6.07 Å². The molecule has 2 N–H and O–H groups in total. The monoisotopic (exact) mass is 416 g/mol. The van der Waals surface area contributed by atoms with Crippen molar-refractivity contribution in [3.8, 4) is 0 Å². The molecule has 3 aromatic rings. The number of benzene rings is 1. The SMILES string of the molecule is O=C(NO)c1cnc(N2CC3C2CN3c2cc(C(F)(F)F)nc3ccccc23)nc1. The number of hydrogen-bond donors (Lipinski definition) is 2. The van der Waals surface area contributed by atoms with E-state index >= 15 is 0 Å². The summed E-state index contributed by atoms with van der Waals surface area (Å²) in [5.74, 6) is -0.274. The fourth-order valence-corrected chi connectivity index (χ4v) is 3.95. The third kappa shape index (κ3) is 2.81. The molecule has 5 rings (SSSR count). The van der Waals surface area contributed by atoms with E-state index in [2.05, 4.69) is 15.0 Å². The topological polar surface area (TPSA) is 94.5 Å². The minimum Gasteiger partial charge on any atom is -0.362 e. The van der Waals surface area contributed by atoms with Gasteiger partial charge in [0.1, 0.15) is 5.69 Å². The summed E-state index contributed by atoms with van der Waals surface area (Å²) in [6, 6.07) is 8.03. The number of fused-ring (bicyclic) bond motifs is 2. The molecule has 0 saturated carbocycles. The molecule has 1 amide bonds. The number of hydroxylamine groups is 1. The highest BCUT2D eigenvalue weighted by atomic mass is 19.4. The van der Waals surface area contributed by atoms with Crippen molar-refractivity contribution in [2.24, 2.45) is 0 Å². The number of carbonyl (C=O) groups is 1. The number of carbonyl (C=O) groups excluding carboxylic acids is 1. The van der Waals surface area contributed by atoms with Crippen LogP contribution in [-0.4, -0.2) is 51.2 Å². The Balaban J connectivity index is 1.39. The van der Waals surface area contributed by atoms with Crippen LogP contribution >= 0.6 is 0 Å². The predicted octanol–water partition coefficient (Wildman–Crippen LogP) is 2.24. The molecule has 11 heteroatoms. The average molecular weight is 416 g/mol. The van der Waals surface area contributed by atoms with Gasteiger partial charge in [0.25, 0.3) is 5.91 Å². The summed E-state index contributed by atoms with van der Waals surface area (Å²) in [5, 5.41) is 9.33. The van der Waals surface area contributed by atoms with Crippen molar-refractivity contribution >= 4 is 28.4 Å². The van der Waals surface area contributed by atoms with E-state index in [0.29, 0.717) is 35.6 Å². The smallest absolute Gasteiger partial charge is 0.362 e. The highest BCUT2D eigenvalue weighted by molar-refractivity contribution is 5.93. The molecule has 154 valence electrons. The van der Waals surface area contributed by atoms with Crippen LogP contribution in [0.2, 0.25) is 0 Å². The van der Waals surface area contributed by atoms with Crippen molar-refractivity contribution in [1.82, 2.24) is 20.4 Å². The largest absolute Gasteiger partial charge is 0.433 e. The Morgan fingerprint density at radius 3 is 2.40 bits per heavy atom. The fourth-order valence-electron chi connectivity index (χ4n) is 3.95. The third-order valence-corrected chi connectivity index (χ3v) is 5.57. The lowest BCUT2D eigenvalue weighted by molar-refractivity contribution is -0.140. The van der Waals surface area contributed by atoms with E-state index in [1.165, 1.54) is 17.9 Å². The lowest BCUT2D eigenvalue weighted by atomic mass is 9.84. The van der Waals surface area contributed by atoms with E-state index < -0.39 is 17.8 Å². The second-order valence-corrected chi connectivity index (χ2v) is 7.19. The standard InChI is InChI=1S/C19H15F3N6O2/c20-19(21,22)16-5-13(11-3-1-2-4-12(11)25-16)27-8-15-14(27)9-28(15)18-23-6-10(7-24-18)17(29)26-30/h1-7,14-15,30H,8-9H2,(H,26,29). The van der Waals surface area contributed by atoms with Crippen molar-refractivity contribution < 1.29 is 23.2 Å². The van der Waals surface area contributed by atoms with Crippen LogP contribution in [0.1, 0.15) is 16.1 Å². The number of aromatic nitrogens is 3. The molecule has 2 aromatic heterocycles. The molecule has 2 unspecified atom stereocenters. The molecule has 0 aliphatic carbocycles. The van der Waals surface area contributed by atoms with Crippen LogP contribution in [-0.2, 0) is 6.18 Å². The molecule has 4 heterocycles. The van der Waals surface area contributed by atoms with Crippen molar-refractivity contribution in [2.75, 3.05) is 22.9 Å². The minimum atomic E-state index is -4.52. The van der Waals surface area contributed by atoms with Gasteiger partial charge in [0.05, 0.1) is 23.2 Å². The highest BCUT2D eigenvalue weighted by Gasteiger charge is 2.53. The summed E-state index contributed by atoms with van der Waals surface area (Å²) in [5.41, 5.74) is 1.56. The molecule has 2 atom stereocenters. The van der Waals surface area contributed by atoms with E-state index in [9.17, 15) is 18.0 Å². The van der Waals surface area contributed by atoms with Gasteiger partial charge in [0.15, 0.2) is 0 Å². The predicted molar refractivity (Wildman–Crippen MR) is 100 cm³/mol. The number of halogens is 3. The first-order valence-corrected chi connectivity index (χ1v) is 9.13. The zero-order valence-corrected chi connectivity index (χ0v) is 15.3. The Kier molecular flexibility index (Phi) is 4.03. The molecule has 0 spiro atoms. The molecule has 2 fully saturated rings. The van der Waals surface area contributed by atoms with Crippen LogP contribution in [0.4, 0.5) is 24.8 Å². The van der Waals surface area contributed by atoms with Crippen LogP contribution in [0.3, 0.4) is 0 Å². The normalized spacial score (nSPS) is 20.4. The number of para-hydroxylation sites is 1. The van der Waals surface area contributed by atoms with E-state index in [4.69, 9.17) is 5.21 Å². The van der Waals surface area contributed by atoms with Gasteiger partial charge in [-0.15, -0.1) is 0 Å². The van der Waals surface area contributed by atoms with Crippen molar-refractivity contribution in [2.45, 2.75) is 18.3 Å². The first kappa shape index (κ1) is 18.6. The number of hydrogen-bond acceptors (Lipinski definition) is 7. The van der Waals surface area contributed by atoms with Gasteiger partial charge in [-0.2, -0.15) is 13.2 Å². The first-order chi connectivity index (χ1) is 14.4. The van der Waals surface area contributed by atoms with E-state index in [-0.39, 0.29) is 17.6 Å². The Bertz CT molecular complexity index is 1140. The summed E-state index contributed by atoms with van der Waals surface area (Å²) in [7, 11) is 0. The quantitative estimate of drug-likeness (QED) is 0.500. The fraction of sp³-hybridized carbons (Fsp3) is 0.263. The summed E-state index contributed by atoms with van der Waals surface area (Å²) < 4.78 is 40.0. The molecule has 0 bridgehead atoms. The Labute approximate surface area is 167 Å². The van der Waals surface area contributed by atoms with Gasteiger partial charge in [-0.3, -0.25) is 10.0 Å². The molecule has 2 saturated heterocycles. The number of anilines is 2. The van der Waals surface area contributed by atoms with Crippen molar-refractivity contribution in [3.63, 3.8) is 0 Å². The number of piperazine rings is 1. The summed E-state index contributed by atoms with van der Waals surface area (Å²) in [4.78, 5) is 27.3. The summed E-state index contributed by atoms with van der Waals surface area (Å²) in [6.07, 6.45) is -1.90. The van der Waals surface area contributed by atoms with Gasteiger partial charge in [-0.25, -0.2) is 20.4 Å². The van der Waals surface area contributed by atoms with Gasteiger partial charge in [-0.05, 0) is 12.1 Å². The van der Waals surface area contributed by atoms with E-state index in [1.807, 2.05) is 9.80 Å². The molecule has 0 radical (unpaired) electrons. The Morgan fingerprint density at radius 2 is 1.77 bits per heavy atom. The number of nitrogens with one attached hydrogen (secondary N) is 1. The van der Waals surface area contributed by atoms with Crippen LogP contribution in [0.25, 0.3) is 10.9 Å². The van der Waals surface area contributed by atoms with Gasteiger partial charge >= 0.3 is 6.18 Å². The van der Waals surface area contributed by atoms with Crippen molar-refractivity contribution in [3.05, 3.63) is 54.0 Å². The lowest BCUT2D eigenvalue weighted by Gasteiger charge is -2.62. The number of alkyl halides is 3. The third-order valence-electron chi connectivity index (χ3n) is 5.57. The maximum absolute atomic E-state index is 13.3. The second kappa shape index (κ2) is 6.52. The lowest BCUT2D eigenvalue weighted by Crippen LogP contribution is -2.79. The zero-order chi connectivity index (χ0) is 21.0. The number of pyridine rings is 1. The maximum atomic E-state index is 13.3.